The minimum atomic E-state index is -1.41. The lowest BCUT2D eigenvalue weighted by Gasteiger charge is -2.52. The van der Waals surface area contributed by atoms with E-state index in [9.17, 15) is 8.78 Å². The Bertz CT molecular complexity index is 809. The van der Waals surface area contributed by atoms with Crippen molar-refractivity contribution in [1.82, 2.24) is 0 Å². The van der Waals surface area contributed by atoms with Gasteiger partial charge in [-0.1, -0.05) is 19.9 Å². The summed E-state index contributed by atoms with van der Waals surface area (Å²) in [5, 5.41) is 0. The monoisotopic (exact) mass is 402 g/mol. The predicted molar refractivity (Wildman–Crippen MR) is 109 cm³/mol. The molecule has 2 nitrogen and oxygen atoms in total. The molecule has 2 saturated carbocycles. The number of fused-ring (bicyclic) bond motifs is 5. The molecular weight excluding hydrogens is 370 g/mol. The maximum Gasteiger partial charge on any atom is 0.270 e. The minimum Gasteiger partial charge on any atom is -0.465 e. The quantitative estimate of drug-likeness (QED) is 0.539. The van der Waals surface area contributed by atoms with E-state index in [-0.39, 0.29) is 11.7 Å². The number of hydrogen-bond acceptors (Lipinski definition) is 2. The van der Waals surface area contributed by atoms with Crippen molar-refractivity contribution < 1.29 is 18.3 Å². The molecule has 1 aliphatic heterocycles. The third kappa shape index (κ3) is 3.22. The summed E-state index contributed by atoms with van der Waals surface area (Å²) in [5.41, 5.74) is 2.98. The SMILES string of the molecule is C[C@H]1Cc2cc(OC3CCCCO3)ccc2[C@H]2CC[C@]3(C)C(=C(F)F)CC[C@H]3[C@@H]21. The zero-order valence-corrected chi connectivity index (χ0v) is 17.6. The largest absolute Gasteiger partial charge is 0.465 e. The molecule has 6 atom stereocenters. The van der Waals surface area contributed by atoms with Crippen molar-refractivity contribution in [1.29, 1.82) is 0 Å². The summed E-state index contributed by atoms with van der Waals surface area (Å²) in [5.74, 6) is 2.81. The summed E-state index contributed by atoms with van der Waals surface area (Å²) in [6, 6.07) is 6.56. The van der Waals surface area contributed by atoms with Crippen molar-refractivity contribution in [3.05, 3.63) is 41.0 Å². The zero-order chi connectivity index (χ0) is 20.2. The van der Waals surface area contributed by atoms with E-state index in [4.69, 9.17) is 9.47 Å². The normalized spacial score (nSPS) is 38.8. The van der Waals surface area contributed by atoms with Crippen molar-refractivity contribution in [2.45, 2.75) is 77.4 Å². The molecule has 29 heavy (non-hydrogen) atoms. The van der Waals surface area contributed by atoms with Gasteiger partial charge in [0.05, 0.1) is 6.61 Å². The van der Waals surface area contributed by atoms with Crippen LogP contribution in [0.2, 0.25) is 0 Å². The van der Waals surface area contributed by atoms with Crippen LogP contribution < -0.4 is 4.74 Å². The number of hydrogen-bond donors (Lipinski definition) is 0. The van der Waals surface area contributed by atoms with Crippen LogP contribution in [0.3, 0.4) is 0 Å². The Morgan fingerprint density at radius 1 is 1.17 bits per heavy atom. The smallest absolute Gasteiger partial charge is 0.270 e. The van der Waals surface area contributed by atoms with Gasteiger partial charge in [-0.2, -0.15) is 8.78 Å². The van der Waals surface area contributed by atoms with Crippen LogP contribution in [0.1, 0.15) is 75.8 Å². The summed E-state index contributed by atoms with van der Waals surface area (Å²) in [4.78, 5) is 0. The first-order valence-corrected chi connectivity index (χ1v) is 11.4. The van der Waals surface area contributed by atoms with Crippen LogP contribution in [-0.4, -0.2) is 12.9 Å². The molecule has 1 aromatic rings. The molecule has 4 heteroatoms. The molecule has 5 rings (SSSR count). The molecule has 3 fully saturated rings. The van der Waals surface area contributed by atoms with Crippen molar-refractivity contribution in [3.63, 3.8) is 0 Å². The topological polar surface area (TPSA) is 18.5 Å². The van der Waals surface area contributed by atoms with E-state index in [1.807, 2.05) is 0 Å². The van der Waals surface area contributed by atoms with Gasteiger partial charge in [-0.05, 0) is 97.3 Å². The van der Waals surface area contributed by atoms with E-state index in [0.29, 0.717) is 35.7 Å². The van der Waals surface area contributed by atoms with Gasteiger partial charge in [-0.25, -0.2) is 0 Å². The number of halogens is 2. The molecule has 0 aromatic heterocycles. The average Bonchev–Trinajstić information content (AvgIpc) is 3.06. The lowest BCUT2D eigenvalue weighted by atomic mass is 9.52. The van der Waals surface area contributed by atoms with Crippen LogP contribution >= 0.6 is 0 Å². The Hall–Kier alpha value is -1.42. The highest BCUT2D eigenvalue weighted by atomic mass is 19.3. The predicted octanol–water partition coefficient (Wildman–Crippen LogP) is 6.84. The molecule has 1 saturated heterocycles. The van der Waals surface area contributed by atoms with Gasteiger partial charge in [-0.15, -0.1) is 0 Å². The fourth-order valence-corrected chi connectivity index (χ4v) is 7.11. The van der Waals surface area contributed by atoms with E-state index < -0.39 is 6.08 Å². The van der Waals surface area contributed by atoms with Gasteiger partial charge in [0.15, 0.2) is 6.29 Å². The highest BCUT2D eigenvalue weighted by Gasteiger charge is 2.55. The van der Waals surface area contributed by atoms with Crippen LogP contribution in [0.4, 0.5) is 8.78 Å². The second-order valence-corrected chi connectivity index (χ2v) is 9.98. The van der Waals surface area contributed by atoms with Gasteiger partial charge in [0.25, 0.3) is 6.08 Å². The highest BCUT2D eigenvalue weighted by Crippen LogP contribution is 2.64. The van der Waals surface area contributed by atoms with Crippen LogP contribution in [0.25, 0.3) is 0 Å². The summed E-state index contributed by atoms with van der Waals surface area (Å²) >= 11 is 0. The molecule has 0 spiro atoms. The Labute approximate surface area is 172 Å². The number of rotatable bonds is 2. The van der Waals surface area contributed by atoms with E-state index >= 15 is 0 Å². The molecule has 0 bridgehead atoms. The first kappa shape index (κ1) is 19.5. The second-order valence-electron chi connectivity index (χ2n) is 9.98. The van der Waals surface area contributed by atoms with Crippen LogP contribution in [0.5, 0.6) is 5.75 Å². The van der Waals surface area contributed by atoms with Crippen molar-refractivity contribution in [3.8, 4) is 5.75 Å². The molecule has 0 N–H and O–H groups in total. The Kier molecular flexibility index (Phi) is 4.97. The molecule has 4 aliphatic rings. The van der Waals surface area contributed by atoms with Gasteiger partial charge in [0.1, 0.15) is 5.75 Å². The zero-order valence-electron chi connectivity index (χ0n) is 17.6. The second kappa shape index (κ2) is 7.37. The number of benzene rings is 1. The maximum absolute atomic E-state index is 13.6. The molecule has 1 unspecified atom stereocenters. The maximum atomic E-state index is 13.6. The Balaban J connectivity index is 1.41. The molecule has 0 amide bonds. The third-order valence-electron chi connectivity index (χ3n) is 8.46. The third-order valence-corrected chi connectivity index (χ3v) is 8.46. The molecular formula is C25H32F2O2. The van der Waals surface area contributed by atoms with Crippen molar-refractivity contribution >= 4 is 0 Å². The standard InChI is InChI=1S/C25H32F2O2/c1-15-13-16-14-17(29-22-5-3-4-12-28-22)6-7-18(16)19-10-11-25(2)20(23(15)19)8-9-21(25)24(26)27/h6-7,14-15,19-20,22-23H,3-5,8-13H2,1-2H3/t15-,19+,20-,22?,23+,25-/m0/s1. The van der Waals surface area contributed by atoms with E-state index in [1.54, 1.807) is 0 Å². The Morgan fingerprint density at radius 3 is 2.79 bits per heavy atom. The van der Waals surface area contributed by atoms with Crippen LogP contribution in [0, 0.1) is 23.2 Å². The fraction of sp³-hybridized carbons (Fsp3) is 0.680. The summed E-state index contributed by atoms with van der Waals surface area (Å²) < 4.78 is 39.1. The van der Waals surface area contributed by atoms with Gasteiger partial charge in [0.2, 0.25) is 0 Å². The lowest BCUT2D eigenvalue weighted by Crippen LogP contribution is -2.43. The van der Waals surface area contributed by atoms with Gasteiger partial charge < -0.3 is 9.47 Å². The number of allylic oxidation sites excluding steroid dienone is 1. The molecule has 1 heterocycles. The molecule has 158 valence electrons. The lowest BCUT2D eigenvalue weighted by molar-refractivity contribution is -0.105. The molecule has 1 aromatic carbocycles. The summed E-state index contributed by atoms with van der Waals surface area (Å²) in [7, 11) is 0. The van der Waals surface area contributed by atoms with Crippen molar-refractivity contribution in [2.75, 3.05) is 6.61 Å². The first-order valence-electron chi connectivity index (χ1n) is 11.4. The molecule has 3 aliphatic carbocycles. The first-order chi connectivity index (χ1) is 14.0. The average molecular weight is 403 g/mol. The van der Waals surface area contributed by atoms with Gasteiger partial charge in [-0.3, -0.25) is 0 Å². The van der Waals surface area contributed by atoms with E-state index in [0.717, 1.165) is 57.3 Å². The van der Waals surface area contributed by atoms with Crippen molar-refractivity contribution in [2.24, 2.45) is 23.2 Å². The van der Waals surface area contributed by atoms with Crippen LogP contribution in [-0.2, 0) is 11.2 Å². The molecule has 0 radical (unpaired) electrons. The summed E-state index contributed by atoms with van der Waals surface area (Å²) in [6.07, 6.45) is 6.12. The number of ether oxygens (including phenoxy) is 2. The Morgan fingerprint density at radius 2 is 2.03 bits per heavy atom. The fourth-order valence-electron chi connectivity index (χ4n) is 7.11. The summed E-state index contributed by atoms with van der Waals surface area (Å²) in [6.45, 7) is 5.23. The van der Waals surface area contributed by atoms with E-state index in [2.05, 4.69) is 32.0 Å². The van der Waals surface area contributed by atoms with Gasteiger partial charge >= 0.3 is 0 Å². The van der Waals surface area contributed by atoms with Crippen LogP contribution in [0.15, 0.2) is 29.9 Å². The van der Waals surface area contributed by atoms with E-state index in [1.165, 1.54) is 11.1 Å². The highest BCUT2D eigenvalue weighted by molar-refractivity contribution is 5.42. The van der Waals surface area contributed by atoms with Gasteiger partial charge in [0, 0.05) is 12.0 Å². The minimum absolute atomic E-state index is 0.120.